The van der Waals surface area contributed by atoms with Gasteiger partial charge in [-0.05, 0) is 43.0 Å². The highest BCUT2D eigenvalue weighted by Gasteiger charge is 2.11. The Hall–Kier alpha value is -2.00. The summed E-state index contributed by atoms with van der Waals surface area (Å²) in [4.78, 5) is 0. The fourth-order valence-electron chi connectivity index (χ4n) is 2.64. The van der Waals surface area contributed by atoms with Gasteiger partial charge in [-0.25, -0.2) is 0 Å². The maximum Gasteiger partial charge on any atom is 0.161 e. The van der Waals surface area contributed by atoms with Crippen molar-refractivity contribution in [3.63, 3.8) is 0 Å². The van der Waals surface area contributed by atoms with Crippen molar-refractivity contribution in [2.24, 2.45) is 0 Å². The zero-order valence-corrected chi connectivity index (χ0v) is 15.2. The van der Waals surface area contributed by atoms with Gasteiger partial charge in [0.25, 0.3) is 0 Å². The topological polar surface area (TPSA) is 30.5 Å². The summed E-state index contributed by atoms with van der Waals surface area (Å²) in [5.74, 6) is 1.60. The number of nitrogens with one attached hydrogen (secondary N) is 1. The average Bonchev–Trinajstić information content (AvgIpc) is 2.64. The summed E-state index contributed by atoms with van der Waals surface area (Å²) in [5, 5.41) is 3.63. The standard InChI is InChI=1S/C21H29NO2/c1-5-16(3)24-20-13-12-17(14-21(20)23-4)15-22-19(6-2)18-10-8-7-9-11-18/h7-14,16,19,22H,5-6,15H2,1-4H3. The van der Waals surface area contributed by atoms with Crippen molar-refractivity contribution in [2.45, 2.75) is 52.3 Å². The molecule has 0 amide bonds. The fraction of sp³-hybridized carbons (Fsp3) is 0.429. The molecule has 3 nitrogen and oxygen atoms in total. The first-order chi connectivity index (χ1) is 11.7. The molecule has 0 fully saturated rings. The van der Waals surface area contributed by atoms with Gasteiger partial charge in [0.2, 0.25) is 0 Å². The van der Waals surface area contributed by atoms with Crippen molar-refractivity contribution >= 4 is 0 Å². The Bertz CT molecular complexity index is 612. The van der Waals surface area contributed by atoms with Gasteiger partial charge in [-0.2, -0.15) is 0 Å². The van der Waals surface area contributed by atoms with Crippen LogP contribution in [0.1, 0.15) is 50.8 Å². The molecule has 2 unspecified atom stereocenters. The summed E-state index contributed by atoms with van der Waals surface area (Å²) in [6, 6.07) is 17.1. The predicted octanol–water partition coefficient (Wildman–Crippen LogP) is 5.11. The molecule has 1 N–H and O–H groups in total. The van der Waals surface area contributed by atoms with Gasteiger partial charge >= 0.3 is 0 Å². The molecule has 0 aliphatic carbocycles. The van der Waals surface area contributed by atoms with Crippen molar-refractivity contribution in [2.75, 3.05) is 7.11 Å². The van der Waals surface area contributed by atoms with Crippen LogP contribution < -0.4 is 14.8 Å². The van der Waals surface area contributed by atoms with Gasteiger partial charge in [-0.3, -0.25) is 0 Å². The number of methoxy groups -OCH3 is 1. The van der Waals surface area contributed by atoms with Crippen molar-refractivity contribution < 1.29 is 9.47 Å². The lowest BCUT2D eigenvalue weighted by molar-refractivity contribution is 0.207. The maximum atomic E-state index is 5.91. The highest BCUT2D eigenvalue weighted by Crippen LogP contribution is 2.29. The molecule has 0 aliphatic heterocycles. The molecule has 0 aliphatic rings. The lowest BCUT2D eigenvalue weighted by Crippen LogP contribution is -2.20. The number of hydrogen-bond donors (Lipinski definition) is 1. The van der Waals surface area contributed by atoms with Crippen LogP contribution in [-0.4, -0.2) is 13.2 Å². The third-order valence-electron chi connectivity index (χ3n) is 4.29. The van der Waals surface area contributed by atoms with Gasteiger partial charge in [-0.15, -0.1) is 0 Å². The smallest absolute Gasteiger partial charge is 0.161 e. The van der Waals surface area contributed by atoms with E-state index in [-0.39, 0.29) is 6.10 Å². The van der Waals surface area contributed by atoms with E-state index in [4.69, 9.17) is 9.47 Å². The van der Waals surface area contributed by atoms with Crippen LogP contribution in [-0.2, 0) is 6.54 Å². The first-order valence-corrected chi connectivity index (χ1v) is 8.79. The lowest BCUT2D eigenvalue weighted by Gasteiger charge is -2.19. The van der Waals surface area contributed by atoms with E-state index in [9.17, 15) is 0 Å². The molecule has 24 heavy (non-hydrogen) atoms. The van der Waals surface area contributed by atoms with E-state index in [1.807, 2.05) is 6.07 Å². The summed E-state index contributed by atoms with van der Waals surface area (Å²) in [6.07, 6.45) is 2.21. The van der Waals surface area contributed by atoms with Gasteiger partial charge in [0.1, 0.15) is 0 Å². The van der Waals surface area contributed by atoms with Crippen LogP contribution >= 0.6 is 0 Å². The lowest BCUT2D eigenvalue weighted by atomic mass is 10.0. The minimum absolute atomic E-state index is 0.186. The first kappa shape index (κ1) is 18.3. The third kappa shape index (κ3) is 5.00. The molecule has 0 heterocycles. The van der Waals surface area contributed by atoms with Crippen LogP contribution in [0.5, 0.6) is 11.5 Å². The third-order valence-corrected chi connectivity index (χ3v) is 4.29. The first-order valence-electron chi connectivity index (χ1n) is 8.79. The minimum atomic E-state index is 0.186. The molecule has 0 aromatic heterocycles. The molecule has 0 saturated carbocycles. The van der Waals surface area contributed by atoms with Gasteiger partial charge in [0.05, 0.1) is 13.2 Å². The fourth-order valence-corrected chi connectivity index (χ4v) is 2.64. The van der Waals surface area contributed by atoms with Crippen molar-refractivity contribution in [1.29, 1.82) is 0 Å². The van der Waals surface area contributed by atoms with Crippen LogP contribution in [0, 0.1) is 0 Å². The van der Waals surface area contributed by atoms with Gasteiger partial charge in [0, 0.05) is 12.6 Å². The molecule has 0 radical (unpaired) electrons. The largest absolute Gasteiger partial charge is 0.493 e. The molecule has 2 aromatic carbocycles. The number of ether oxygens (including phenoxy) is 2. The van der Waals surface area contributed by atoms with E-state index in [0.717, 1.165) is 30.9 Å². The SMILES string of the molecule is CCC(C)Oc1ccc(CNC(CC)c2ccccc2)cc1OC. The Labute approximate surface area is 146 Å². The molecule has 2 aromatic rings. The summed E-state index contributed by atoms with van der Waals surface area (Å²) < 4.78 is 11.4. The zero-order chi connectivity index (χ0) is 17.4. The van der Waals surface area contributed by atoms with Crippen LogP contribution in [0.25, 0.3) is 0 Å². The van der Waals surface area contributed by atoms with E-state index in [1.165, 1.54) is 11.1 Å². The summed E-state index contributed by atoms with van der Waals surface area (Å²) >= 11 is 0. The molecule has 3 heteroatoms. The average molecular weight is 327 g/mol. The number of rotatable bonds is 9. The Kier molecular flexibility index (Phi) is 7.13. The monoisotopic (exact) mass is 327 g/mol. The molecule has 0 spiro atoms. The van der Waals surface area contributed by atoms with Crippen molar-refractivity contribution in [1.82, 2.24) is 5.32 Å². The Morgan fingerprint density at radius 2 is 1.71 bits per heavy atom. The molecular weight excluding hydrogens is 298 g/mol. The van der Waals surface area contributed by atoms with Crippen LogP contribution in [0.2, 0.25) is 0 Å². The highest BCUT2D eigenvalue weighted by molar-refractivity contribution is 5.43. The normalized spacial score (nSPS) is 13.3. The molecule has 0 saturated heterocycles. The molecule has 0 bridgehead atoms. The Morgan fingerprint density at radius 3 is 2.33 bits per heavy atom. The number of hydrogen-bond acceptors (Lipinski definition) is 3. The van der Waals surface area contributed by atoms with Crippen LogP contribution in [0.3, 0.4) is 0 Å². The zero-order valence-electron chi connectivity index (χ0n) is 15.2. The second-order valence-corrected chi connectivity index (χ2v) is 6.07. The number of benzene rings is 2. The second-order valence-electron chi connectivity index (χ2n) is 6.07. The van der Waals surface area contributed by atoms with Gasteiger partial charge < -0.3 is 14.8 Å². The molecule has 130 valence electrons. The van der Waals surface area contributed by atoms with Crippen LogP contribution in [0.15, 0.2) is 48.5 Å². The molecular formula is C21H29NO2. The van der Waals surface area contributed by atoms with E-state index < -0.39 is 0 Å². The molecule has 2 rings (SSSR count). The van der Waals surface area contributed by atoms with E-state index in [2.05, 4.69) is 68.6 Å². The van der Waals surface area contributed by atoms with Gasteiger partial charge in [-0.1, -0.05) is 50.2 Å². The van der Waals surface area contributed by atoms with Gasteiger partial charge in [0.15, 0.2) is 11.5 Å². The van der Waals surface area contributed by atoms with Crippen LogP contribution in [0.4, 0.5) is 0 Å². The summed E-state index contributed by atoms with van der Waals surface area (Å²) in [7, 11) is 1.69. The van der Waals surface area contributed by atoms with E-state index >= 15 is 0 Å². The maximum absolute atomic E-state index is 5.91. The Morgan fingerprint density at radius 1 is 0.958 bits per heavy atom. The minimum Gasteiger partial charge on any atom is -0.493 e. The Balaban J connectivity index is 2.04. The second kappa shape index (κ2) is 9.33. The van der Waals surface area contributed by atoms with Crippen molar-refractivity contribution in [3.05, 3.63) is 59.7 Å². The van der Waals surface area contributed by atoms with E-state index in [1.54, 1.807) is 7.11 Å². The van der Waals surface area contributed by atoms with E-state index in [0.29, 0.717) is 6.04 Å². The highest BCUT2D eigenvalue weighted by atomic mass is 16.5. The summed E-state index contributed by atoms with van der Waals surface area (Å²) in [6.45, 7) is 7.19. The quantitative estimate of drug-likeness (QED) is 0.694. The van der Waals surface area contributed by atoms with Crippen molar-refractivity contribution in [3.8, 4) is 11.5 Å². The summed E-state index contributed by atoms with van der Waals surface area (Å²) in [5.41, 5.74) is 2.52. The predicted molar refractivity (Wildman–Crippen MR) is 99.7 cm³/mol. The molecule has 2 atom stereocenters.